The Kier molecular flexibility index (Phi) is 3.57. The maximum Gasteiger partial charge on any atom is 0.250 e. The number of hydrogen-bond acceptors (Lipinski definition) is 3. The van der Waals surface area contributed by atoms with Crippen LogP contribution in [0.4, 0.5) is 5.69 Å². The van der Waals surface area contributed by atoms with Gasteiger partial charge in [-0.3, -0.25) is 4.79 Å². The molecule has 0 radical (unpaired) electrons. The van der Waals surface area contributed by atoms with Crippen molar-refractivity contribution >= 4 is 11.6 Å². The number of rotatable bonds is 4. The summed E-state index contributed by atoms with van der Waals surface area (Å²) in [6.07, 6.45) is 1.63. The largest absolute Gasteiger partial charge is 0.464 e. The van der Waals surface area contributed by atoms with Crippen molar-refractivity contribution < 1.29 is 13.9 Å². The van der Waals surface area contributed by atoms with E-state index in [4.69, 9.17) is 9.15 Å². The van der Waals surface area contributed by atoms with Gasteiger partial charge in [-0.1, -0.05) is 0 Å². The van der Waals surface area contributed by atoms with Gasteiger partial charge in [0.15, 0.2) is 0 Å². The molecule has 1 amide bonds. The second-order valence-corrected chi connectivity index (χ2v) is 3.54. The van der Waals surface area contributed by atoms with Crippen LogP contribution in [-0.2, 0) is 9.53 Å². The molecule has 17 heavy (non-hydrogen) atoms. The molecule has 0 unspecified atom stereocenters. The number of hydrogen-bond donors (Lipinski definition) is 1. The molecule has 0 spiro atoms. The Morgan fingerprint density at radius 2 is 2.06 bits per heavy atom. The fourth-order valence-corrected chi connectivity index (χ4v) is 1.49. The number of ether oxygens (including phenoxy) is 1. The smallest absolute Gasteiger partial charge is 0.250 e. The molecule has 0 saturated heterocycles. The first-order chi connectivity index (χ1) is 8.29. The maximum absolute atomic E-state index is 11.3. The second-order valence-electron chi connectivity index (χ2n) is 3.54. The number of nitrogens with one attached hydrogen (secondary N) is 1. The lowest BCUT2D eigenvalue weighted by molar-refractivity contribution is -0.119. The third-order valence-electron chi connectivity index (χ3n) is 2.25. The predicted octanol–water partition coefficient (Wildman–Crippen LogP) is 2.53. The molecule has 0 aliphatic carbocycles. The number of methoxy groups -OCH3 is 1. The molecule has 4 nitrogen and oxygen atoms in total. The molecule has 1 aromatic carbocycles. The van der Waals surface area contributed by atoms with E-state index in [0.29, 0.717) is 0 Å². The van der Waals surface area contributed by atoms with Gasteiger partial charge < -0.3 is 14.5 Å². The number of carbonyl (C=O) groups is 1. The van der Waals surface area contributed by atoms with Gasteiger partial charge in [0.1, 0.15) is 12.4 Å². The molecule has 1 heterocycles. The highest BCUT2D eigenvalue weighted by molar-refractivity contribution is 5.91. The van der Waals surface area contributed by atoms with Crippen LogP contribution in [0.5, 0.6) is 0 Å². The van der Waals surface area contributed by atoms with E-state index in [9.17, 15) is 4.79 Å². The molecule has 0 aliphatic rings. The number of anilines is 1. The first-order valence-corrected chi connectivity index (χ1v) is 5.22. The highest BCUT2D eigenvalue weighted by Gasteiger charge is 2.03. The van der Waals surface area contributed by atoms with Gasteiger partial charge >= 0.3 is 0 Å². The first-order valence-electron chi connectivity index (χ1n) is 5.22. The monoisotopic (exact) mass is 231 g/mol. The van der Waals surface area contributed by atoms with Gasteiger partial charge in [-0.15, -0.1) is 0 Å². The van der Waals surface area contributed by atoms with Crippen LogP contribution in [-0.4, -0.2) is 19.6 Å². The summed E-state index contributed by atoms with van der Waals surface area (Å²) in [4.78, 5) is 11.3. The van der Waals surface area contributed by atoms with Gasteiger partial charge in [-0.05, 0) is 36.4 Å². The van der Waals surface area contributed by atoms with Crippen LogP contribution < -0.4 is 5.32 Å². The number of benzene rings is 1. The van der Waals surface area contributed by atoms with Crippen molar-refractivity contribution in [1.29, 1.82) is 0 Å². The van der Waals surface area contributed by atoms with Crippen LogP contribution in [0, 0.1) is 0 Å². The van der Waals surface area contributed by atoms with Crippen LogP contribution >= 0.6 is 0 Å². The Morgan fingerprint density at radius 1 is 1.29 bits per heavy atom. The molecule has 0 bridgehead atoms. The van der Waals surface area contributed by atoms with Gasteiger partial charge in [0.05, 0.1) is 6.26 Å². The summed E-state index contributed by atoms with van der Waals surface area (Å²) in [6.45, 7) is 0.0555. The van der Waals surface area contributed by atoms with Crippen LogP contribution in [0.1, 0.15) is 0 Å². The Bertz CT molecular complexity index is 474. The first kappa shape index (κ1) is 11.4. The van der Waals surface area contributed by atoms with E-state index < -0.39 is 0 Å². The Hall–Kier alpha value is -2.07. The molecule has 1 N–H and O–H groups in total. The van der Waals surface area contributed by atoms with E-state index >= 15 is 0 Å². The van der Waals surface area contributed by atoms with Crippen LogP contribution in [0.3, 0.4) is 0 Å². The lowest BCUT2D eigenvalue weighted by Gasteiger charge is -2.04. The predicted molar refractivity (Wildman–Crippen MR) is 64.6 cm³/mol. The molecule has 4 heteroatoms. The fraction of sp³-hybridized carbons (Fsp3) is 0.154. The van der Waals surface area contributed by atoms with Crippen molar-refractivity contribution in [3.8, 4) is 11.3 Å². The van der Waals surface area contributed by atoms with Crippen LogP contribution in [0.15, 0.2) is 47.1 Å². The minimum absolute atomic E-state index is 0.0555. The third kappa shape index (κ3) is 2.95. The minimum atomic E-state index is -0.168. The van der Waals surface area contributed by atoms with Crippen LogP contribution in [0.2, 0.25) is 0 Å². The Balaban J connectivity index is 2.06. The standard InChI is InChI=1S/C13H13NO3/c1-16-9-13(15)14-11-6-4-10(5-7-11)12-3-2-8-17-12/h2-8H,9H2,1H3,(H,14,15). The van der Waals surface area contributed by atoms with Crippen LogP contribution in [0.25, 0.3) is 11.3 Å². The lowest BCUT2D eigenvalue weighted by Crippen LogP contribution is -2.16. The highest BCUT2D eigenvalue weighted by Crippen LogP contribution is 2.21. The van der Waals surface area contributed by atoms with Gasteiger partial charge in [-0.2, -0.15) is 0 Å². The van der Waals surface area contributed by atoms with Gasteiger partial charge in [0.2, 0.25) is 5.91 Å². The number of amides is 1. The Labute approximate surface area is 99.2 Å². The molecule has 0 saturated carbocycles. The molecule has 2 rings (SSSR count). The quantitative estimate of drug-likeness (QED) is 0.879. The van der Waals surface area contributed by atoms with Crippen molar-refractivity contribution in [3.63, 3.8) is 0 Å². The van der Waals surface area contributed by atoms with Crippen molar-refractivity contribution in [1.82, 2.24) is 0 Å². The number of carbonyl (C=O) groups excluding carboxylic acids is 1. The van der Waals surface area contributed by atoms with E-state index in [0.717, 1.165) is 17.0 Å². The summed E-state index contributed by atoms with van der Waals surface area (Å²) < 4.78 is 10.0. The van der Waals surface area contributed by atoms with E-state index in [1.807, 2.05) is 36.4 Å². The molecule has 0 aliphatic heterocycles. The topological polar surface area (TPSA) is 51.5 Å². The normalized spacial score (nSPS) is 10.2. The van der Waals surface area contributed by atoms with E-state index in [1.165, 1.54) is 7.11 Å². The Morgan fingerprint density at radius 3 is 2.65 bits per heavy atom. The molecular weight excluding hydrogens is 218 g/mol. The van der Waals surface area contributed by atoms with E-state index in [-0.39, 0.29) is 12.5 Å². The average Bonchev–Trinajstić information content (AvgIpc) is 2.84. The van der Waals surface area contributed by atoms with Crippen molar-refractivity contribution in [3.05, 3.63) is 42.7 Å². The lowest BCUT2D eigenvalue weighted by atomic mass is 10.1. The van der Waals surface area contributed by atoms with E-state index in [1.54, 1.807) is 6.26 Å². The fourth-order valence-electron chi connectivity index (χ4n) is 1.49. The maximum atomic E-state index is 11.3. The summed E-state index contributed by atoms with van der Waals surface area (Å²) in [5.74, 6) is 0.637. The van der Waals surface area contributed by atoms with E-state index in [2.05, 4.69) is 5.32 Å². The second kappa shape index (κ2) is 5.32. The summed E-state index contributed by atoms with van der Waals surface area (Å²) in [7, 11) is 1.49. The molecule has 0 atom stereocenters. The summed E-state index contributed by atoms with van der Waals surface area (Å²) in [5.41, 5.74) is 1.71. The summed E-state index contributed by atoms with van der Waals surface area (Å²) in [5, 5.41) is 2.72. The third-order valence-corrected chi connectivity index (χ3v) is 2.25. The molecular formula is C13H13NO3. The highest BCUT2D eigenvalue weighted by atomic mass is 16.5. The van der Waals surface area contributed by atoms with Crippen molar-refractivity contribution in [2.75, 3.05) is 19.0 Å². The minimum Gasteiger partial charge on any atom is -0.464 e. The average molecular weight is 231 g/mol. The molecule has 88 valence electrons. The van der Waals surface area contributed by atoms with Gasteiger partial charge in [0, 0.05) is 18.4 Å². The van der Waals surface area contributed by atoms with Crippen molar-refractivity contribution in [2.24, 2.45) is 0 Å². The van der Waals surface area contributed by atoms with Gasteiger partial charge in [-0.25, -0.2) is 0 Å². The molecule has 1 aromatic heterocycles. The van der Waals surface area contributed by atoms with Crippen molar-refractivity contribution in [2.45, 2.75) is 0 Å². The molecule has 0 fully saturated rings. The van der Waals surface area contributed by atoms with Gasteiger partial charge in [0.25, 0.3) is 0 Å². The molecule has 2 aromatic rings. The number of furan rings is 1. The summed E-state index contributed by atoms with van der Waals surface area (Å²) >= 11 is 0. The zero-order valence-electron chi connectivity index (χ0n) is 9.47. The zero-order valence-corrected chi connectivity index (χ0v) is 9.47. The SMILES string of the molecule is COCC(=O)Nc1ccc(-c2ccco2)cc1. The zero-order chi connectivity index (χ0) is 12.1. The summed E-state index contributed by atoms with van der Waals surface area (Å²) in [6, 6.07) is 11.2.